The van der Waals surface area contributed by atoms with Crippen molar-refractivity contribution in [2.45, 2.75) is 19.5 Å². The predicted octanol–water partition coefficient (Wildman–Crippen LogP) is 5.73. The first-order valence-electron chi connectivity index (χ1n) is 10.0. The summed E-state index contributed by atoms with van der Waals surface area (Å²) in [5, 5.41) is 10.9. The summed E-state index contributed by atoms with van der Waals surface area (Å²) in [5.41, 5.74) is -0.136. The number of nitro benzene ring substituents is 1. The normalized spacial score (nSPS) is 11.2. The molecule has 0 spiro atoms. The van der Waals surface area contributed by atoms with Gasteiger partial charge in [-0.15, -0.1) is 0 Å². The van der Waals surface area contributed by atoms with Crippen LogP contribution in [0.15, 0.2) is 54.7 Å². The molecule has 33 heavy (non-hydrogen) atoms. The highest BCUT2D eigenvalue weighted by molar-refractivity contribution is 5.66. The third-order valence-corrected chi connectivity index (χ3v) is 4.82. The van der Waals surface area contributed by atoms with Crippen molar-refractivity contribution in [3.63, 3.8) is 0 Å². The molecular formula is C22H22F3N5O3. The van der Waals surface area contributed by atoms with Crippen LogP contribution in [-0.4, -0.2) is 35.6 Å². The minimum atomic E-state index is -4.67. The average Bonchev–Trinajstić information content (AvgIpc) is 2.81. The van der Waals surface area contributed by atoms with E-state index in [0.717, 1.165) is 12.6 Å². The lowest BCUT2D eigenvalue weighted by Crippen LogP contribution is -2.21. The fourth-order valence-corrected chi connectivity index (χ4v) is 3.00. The van der Waals surface area contributed by atoms with Gasteiger partial charge in [0.25, 0.3) is 5.69 Å². The fourth-order valence-electron chi connectivity index (χ4n) is 3.00. The second-order valence-electron chi connectivity index (χ2n) is 7.14. The molecule has 0 aliphatic rings. The predicted molar refractivity (Wildman–Crippen MR) is 118 cm³/mol. The van der Waals surface area contributed by atoms with Crippen LogP contribution in [0, 0.1) is 10.1 Å². The lowest BCUT2D eigenvalue weighted by Gasteiger charge is -2.25. The van der Waals surface area contributed by atoms with Gasteiger partial charge in [-0.1, -0.05) is 6.92 Å². The molecular weight excluding hydrogens is 439 g/mol. The summed E-state index contributed by atoms with van der Waals surface area (Å²) in [6.45, 7) is 2.51. The molecule has 0 N–H and O–H groups in total. The van der Waals surface area contributed by atoms with E-state index in [2.05, 4.69) is 9.97 Å². The number of rotatable bonds is 8. The number of nitrogens with zero attached hydrogens (tertiary/aromatic N) is 5. The molecule has 0 fully saturated rings. The van der Waals surface area contributed by atoms with Crippen molar-refractivity contribution in [3.05, 3.63) is 70.4 Å². The number of anilines is 4. The summed E-state index contributed by atoms with van der Waals surface area (Å²) in [6.07, 6.45) is -3.10. The maximum absolute atomic E-state index is 13.7. The molecule has 174 valence electrons. The van der Waals surface area contributed by atoms with Gasteiger partial charge in [0.2, 0.25) is 5.95 Å². The number of aromatic nitrogens is 2. The van der Waals surface area contributed by atoms with Crippen molar-refractivity contribution in [3.8, 4) is 5.75 Å². The van der Waals surface area contributed by atoms with Gasteiger partial charge in [-0.2, -0.15) is 18.2 Å². The molecule has 0 aliphatic heterocycles. The highest BCUT2D eigenvalue weighted by Gasteiger charge is 2.37. The Kier molecular flexibility index (Phi) is 7.00. The zero-order valence-electron chi connectivity index (χ0n) is 18.2. The minimum Gasteiger partial charge on any atom is -0.494 e. The summed E-state index contributed by atoms with van der Waals surface area (Å²) in [5.74, 6) is 0.288. The Labute approximate surface area is 188 Å². The third-order valence-electron chi connectivity index (χ3n) is 4.82. The lowest BCUT2D eigenvalue weighted by atomic mass is 10.2. The van der Waals surface area contributed by atoms with Gasteiger partial charge in [0.15, 0.2) is 5.82 Å². The van der Waals surface area contributed by atoms with Crippen LogP contribution in [0.25, 0.3) is 0 Å². The first kappa shape index (κ1) is 23.8. The number of hydrogen-bond donors (Lipinski definition) is 0. The molecule has 3 aromatic rings. The number of hydrogen-bond acceptors (Lipinski definition) is 7. The molecule has 3 rings (SSSR count). The van der Waals surface area contributed by atoms with E-state index in [1.807, 2.05) is 6.92 Å². The highest BCUT2D eigenvalue weighted by atomic mass is 19.4. The van der Waals surface area contributed by atoms with Crippen LogP contribution in [0.2, 0.25) is 0 Å². The number of non-ortho nitro benzene ring substituents is 1. The van der Waals surface area contributed by atoms with Crippen molar-refractivity contribution < 1.29 is 22.8 Å². The van der Waals surface area contributed by atoms with Gasteiger partial charge in [-0.05, 0) is 42.8 Å². The second kappa shape index (κ2) is 9.72. The zero-order chi connectivity index (χ0) is 24.2. The molecule has 0 bridgehead atoms. The van der Waals surface area contributed by atoms with E-state index in [4.69, 9.17) is 4.74 Å². The van der Waals surface area contributed by atoms with Crippen LogP contribution in [0.3, 0.4) is 0 Å². The molecule has 0 amide bonds. The summed E-state index contributed by atoms with van der Waals surface area (Å²) in [4.78, 5) is 21.1. The van der Waals surface area contributed by atoms with E-state index in [0.29, 0.717) is 23.7 Å². The molecule has 0 aliphatic carbocycles. The van der Waals surface area contributed by atoms with Crippen LogP contribution in [0.5, 0.6) is 5.75 Å². The molecule has 0 atom stereocenters. The number of ether oxygens (including phenoxy) is 1. The van der Waals surface area contributed by atoms with E-state index in [1.165, 1.54) is 41.1 Å². The maximum Gasteiger partial charge on any atom is 0.421 e. The highest BCUT2D eigenvalue weighted by Crippen LogP contribution is 2.38. The van der Waals surface area contributed by atoms with Crippen molar-refractivity contribution in [1.29, 1.82) is 0 Å². The number of nitro groups is 1. The Balaban J connectivity index is 1.97. The van der Waals surface area contributed by atoms with Gasteiger partial charge < -0.3 is 14.5 Å². The average molecular weight is 461 g/mol. The Bertz CT molecular complexity index is 1110. The first-order valence-corrected chi connectivity index (χ1v) is 10.0. The smallest absolute Gasteiger partial charge is 0.421 e. The number of alkyl halides is 3. The van der Waals surface area contributed by atoms with Gasteiger partial charge in [-0.25, -0.2) is 4.98 Å². The molecule has 8 nitrogen and oxygen atoms in total. The Morgan fingerprint density at radius 3 is 2.12 bits per heavy atom. The van der Waals surface area contributed by atoms with Crippen molar-refractivity contribution in [2.75, 3.05) is 30.5 Å². The van der Waals surface area contributed by atoms with Crippen LogP contribution >= 0.6 is 0 Å². The molecule has 0 saturated heterocycles. The summed E-state index contributed by atoms with van der Waals surface area (Å²) >= 11 is 0. The van der Waals surface area contributed by atoms with Crippen LogP contribution in [0.1, 0.15) is 18.9 Å². The van der Waals surface area contributed by atoms with Gasteiger partial charge in [0.05, 0.1) is 11.5 Å². The fraction of sp³-hybridized carbons (Fsp3) is 0.273. The number of benzene rings is 2. The first-order chi connectivity index (χ1) is 15.6. The molecule has 1 aromatic heterocycles. The molecule has 0 radical (unpaired) electrons. The minimum absolute atomic E-state index is 0.00148. The monoisotopic (exact) mass is 461 g/mol. The summed E-state index contributed by atoms with van der Waals surface area (Å²) < 4.78 is 46.6. The quantitative estimate of drug-likeness (QED) is 0.313. The topological polar surface area (TPSA) is 84.6 Å². The molecule has 11 heteroatoms. The Morgan fingerprint density at radius 1 is 1.00 bits per heavy atom. The molecule has 0 unspecified atom stereocenters. The molecule has 0 saturated carbocycles. The van der Waals surface area contributed by atoms with E-state index in [9.17, 15) is 23.3 Å². The maximum atomic E-state index is 13.7. The summed E-state index contributed by atoms with van der Waals surface area (Å²) in [7, 11) is 3.04. The summed E-state index contributed by atoms with van der Waals surface area (Å²) in [6, 6.07) is 12.2. The van der Waals surface area contributed by atoms with E-state index in [-0.39, 0.29) is 17.5 Å². The van der Waals surface area contributed by atoms with Crippen LogP contribution in [-0.2, 0) is 6.18 Å². The molecule has 2 aromatic carbocycles. The second-order valence-corrected chi connectivity index (χ2v) is 7.14. The largest absolute Gasteiger partial charge is 0.494 e. The van der Waals surface area contributed by atoms with Crippen molar-refractivity contribution >= 4 is 28.8 Å². The Hall–Kier alpha value is -3.89. The van der Waals surface area contributed by atoms with Crippen molar-refractivity contribution in [1.82, 2.24) is 9.97 Å². The van der Waals surface area contributed by atoms with Gasteiger partial charge in [0, 0.05) is 43.8 Å². The zero-order valence-corrected chi connectivity index (χ0v) is 18.2. The van der Waals surface area contributed by atoms with Gasteiger partial charge in [0.1, 0.15) is 11.3 Å². The SMILES string of the molecule is CCCOc1ccc(N(C)c2nc(N(C)c3ccc([N+](=O)[O-])cc3)ncc2C(F)(F)F)cc1. The standard InChI is InChI=1S/C22H22F3N5O3/c1-4-13-33-18-11-9-15(10-12-18)28(2)20-19(22(23,24)25)14-26-21(27-20)29(3)16-5-7-17(8-6-16)30(31)32/h5-12,14H,4,13H2,1-3H3. The Morgan fingerprint density at radius 2 is 1.58 bits per heavy atom. The van der Waals surface area contributed by atoms with E-state index < -0.39 is 16.7 Å². The van der Waals surface area contributed by atoms with Crippen molar-refractivity contribution in [2.24, 2.45) is 0 Å². The van der Waals surface area contributed by atoms with E-state index >= 15 is 0 Å². The van der Waals surface area contributed by atoms with E-state index in [1.54, 1.807) is 31.3 Å². The van der Waals surface area contributed by atoms with Crippen LogP contribution < -0.4 is 14.5 Å². The number of halogens is 3. The van der Waals surface area contributed by atoms with Gasteiger partial charge in [-0.3, -0.25) is 10.1 Å². The van der Waals surface area contributed by atoms with Gasteiger partial charge >= 0.3 is 6.18 Å². The van der Waals surface area contributed by atoms with Crippen LogP contribution in [0.4, 0.5) is 42.0 Å². The molecule has 1 heterocycles. The lowest BCUT2D eigenvalue weighted by molar-refractivity contribution is -0.384. The third kappa shape index (κ3) is 5.48.